The van der Waals surface area contributed by atoms with Gasteiger partial charge in [-0.1, -0.05) is 17.7 Å². The molecule has 0 radical (unpaired) electrons. The molecule has 0 fully saturated rings. The number of amides is 2. The molecule has 9 heteroatoms. The molecular formula is C18H16ClN3O5. The van der Waals surface area contributed by atoms with Crippen LogP contribution in [-0.4, -0.2) is 37.7 Å². The third kappa shape index (κ3) is 6.79. The molecule has 27 heavy (non-hydrogen) atoms. The van der Waals surface area contributed by atoms with Crippen LogP contribution in [0.4, 0.5) is 5.69 Å². The summed E-state index contributed by atoms with van der Waals surface area (Å²) in [5, 5.41) is 6.55. The van der Waals surface area contributed by atoms with Gasteiger partial charge in [0.05, 0.1) is 13.3 Å². The molecule has 140 valence electrons. The van der Waals surface area contributed by atoms with E-state index in [-0.39, 0.29) is 6.61 Å². The largest absolute Gasteiger partial charge is 0.482 e. The van der Waals surface area contributed by atoms with E-state index in [1.165, 1.54) is 19.4 Å². The zero-order valence-corrected chi connectivity index (χ0v) is 15.0. The Morgan fingerprint density at radius 1 is 1.11 bits per heavy atom. The van der Waals surface area contributed by atoms with Gasteiger partial charge in [-0.2, -0.15) is 5.10 Å². The molecule has 0 saturated heterocycles. The van der Waals surface area contributed by atoms with Crippen LogP contribution < -0.4 is 15.5 Å². The Morgan fingerprint density at radius 2 is 1.85 bits per heavy atom. The number of methoxy groups -OCH3 is 1. The summed E-state index contributed by atoms with van der Waals surface area (Å²) in [5.41, 5.74) is 3.17. The highest BCUT2D eigenvalue weighted by molar-refractivity contribution is 6.39. The van der Waals surface area contributed by atoms with E-state index in [1.807, 2.05) is 0 Å². The molecule has 2 amide bonds. The van der Waals surface area contributed by atoms with Crippen LogP contribution in [0.3, 0.4) is 0 Å². The smallest absolute Gasteiger partial charge is 0.343 e. The maximum atomic E-state index is 11.8. The number of benzene rings is 2. The molecule has 0 aliphatic carbocycles. The van der Waals surface area contributed by atoms with Crippen LogP contribution in [0, 0.1) is 0 Å². The SMILES string of the molecule is COC(=O)COc1ccc(/C=N\NC(=O)C(=O)Nc2cccc(Cl)c2)cc1. The highest BCUT2D eigenvalue weighted by Gasteiger charge is 2.12. The van der Waals surface area contributed by atoms with E-state index in [0.29, 0.717) is 22.0 Å². The molecule has 0 heterocycles. The van der Waals surface area contributed by atoms with Crippen molar-refractivity contribution in [2.75, 3.05) is 19.0 Å². The van der Waals surface area contributed by atoms with E-state index in [4.69, 9.17) is 16.3 Å². The molecule has 0 saturated carbocycles. The fourth-order valence-corrected chi connectivity index (χ4v) is 2.01. The summed E-state index contributed by atoms with van der Waals surface area (Å²) in [6.07, 6.45) is 1.36. The Labute approximate surface area is 160 Å². The number of hydrogen-bond donors (Lipinski definition) is 2. The first-order valence-corrected chi connectivity index (χ1v) is 8.05. The van der Waals surface area contributed by atoms with Crippen molar-refractivity contribution in [1.29, 1.82) is 0 Å². The van der Waals surface area contributed by atoms with Gasteiger partial charge in [-0.3, -0.25) is 9.59 Å². The van der Waals surface area contributed by atoms with Crippen molar-refractivity contribution in [2.24, 2.45) is 5.10 Å². The fourth-order valence-electron chi connectivity index (χ4n) is 1.82. The monoisotopic (exact) mass is 389 g/mol. The molecule has 0 aliphatic heterocycles. The summed E-state index contributed by atoms with van der Waals surface area (Å²) in [6.45, 7) is -0.193. The molecule has 2 rings (SSSR count). The van der Waals surface area contributed by atoms with Crippen LogP contribution in [0.25, 0.3) is 0 Å². The van der Waals surface area contributed by atoms with Crippen LogP contribution in [0.5, 0.6) is 5.75 Å². The first kappa shape index (κ1) is 19.9. The van der Waals surface area contributed by atoms with Crippen molar-refractivity contribution in [3.63, 3.8) is 0 Å². The number of hydrogen-bond acceptors (Lipinski definition) is 6. The van der Waals surface area contributed by atoms with Gasteiger partial charge < -0.3 is 14.8 Å². The molecule has 0 spiro atoms. The number of nitrogens with one attached hydrogen (secondary N) is 2. The Balaban J connectivity index is 1.82. The van der Waals surface area contributed by atoms with Crippen molar-refractivity contribution >= 4 is 41.3 Å². The summed E-state index contributed by atoms with van der Waals surface area (Å²) in [7, 11) is 1.27. The van der Waals surface area contributed by atoms with Gasteiger partial charge in [0.25, 0.3) is 0 Å². The number of halogens is 1. The van der Waals surface area contributed by atoms with Gasteiger partial charge in [0.2, 0.25) is 0 Å². The van der Waals surface area contributed by atoms with Gasteiger partial charge in [-0.05, 0) is 48.0 Å². The summed E-state index contributed by atoms with van der Waals surface area (Å²) < 4.78 is 9.67. The predicted octanol–water partition coefficient (Wildman–Crippen LogP) is 1.98. The molecule has 0 aromatic heterocycles. The number of rotatable bonds is 6. The Kier molecular flexibility index (Phi) is 7.33. The van der Waals surface area contributed by atoms with Crippen LogP contribution in [0.1, 0.15) is 5.56 Å². The standard InChI is InChI=1S/C18H16ClN3O5/c1-26-16(23)11-27-15-7-5-12(6-8-15)10-20-22-18(25)17(24)21-14-4-2-3-13(19)9-14/h2-10H,11H2,1H3,(H,21,24)(H,22,25)/b20-10-. The number of carbonyl (C=O) groups excluding carboxylic acids is 3. The highest BCUT2D eigenvalue weighted by Crippen LogP contribution is 2.14. The Morgan fingerprint density at radius 3 is 2.52 bits per heavy atom. The fraction of sp³-hybridized carbons (Fsp3) is 0.111. The molecule has 2 aromatic carbocycles. The number of anilines is 1. The zero-order chi connectivity index (χ0) is 19.6. The maximum Gasteiger partial charge on any atom is 0.343 e. The van der Waals surface area contributed by atoms with Crippen LogP contribution in [0.15, 0.2) is 53.6 Å². The minimum atomic E-state index is -0.927. The van der Waals surface area contributed by atoms with Gasteiger partial charge in [0, 0.05) is 10.7 Å². The third-order valence-corrected chi connectivity index (χ3v) is 3.37. The second-order valence-electron chi connectivity index (χ2n) is 5.10. The normalized spacial score (nSPS) is 10.3. The third-order valence-electron chi connectivity index (χ3n) is 3.13. The van der Waals surface area contributed by atoms with Gasteiger partial charge >= 0.3 is 17.8 Å². The minimum absolute atomic E-state index is 0.193. The van der Waals surface area contributed by atoms with E-state index in [9.17, 15) is 14.4 Å². The summed E-state index contributed by atoms with van der Waals surface area (Å²) in [6, 6.07) is 13.0. The molecule has 8 nitrogen and oxygen atoms in total. The quantitative estimate of drug-likeness (QED) is 0.340. The van der Waals surface area contributed by atoms with E-state index in [1.54, 1.807) is 42.5 Å². The second-order valence-corrected chi connectivity index (χ2v) is 5.53. The van der Waals surface area contributed by atoms with Crippen molar-refractivity contribution in [2.45, 2.75) is 0 Å². The minimum Gasteiger partial charge on any atom is -0.482 e. The van der Waals surface area contributed by atoms with Gasteiger partial charge in [-0.25, -0.2) is 10.2 Å². The molecule has 0 atom stereocenters. The first-order valence-electron chi connectivity index (χ1n) is 7.67. The number of ether oxygens (including phenoxy) is 2. The van der Waals surface area contributed by atoms with E-state index in [0.717, 1.165) is 0 Å². The van der Waals surface area contributed by atoms with Crippen LogP contribution in [0.2, 0.25) is 5.02 Å². The van der Waals surface area contributed by atoms with E-state index in [2.05, 4.69) is 20.6 Å². The molecule has 0 unspecified atom stereocenters. The van der Waals surface area contributed by atoms with Crippen LogP contribution >= 0.6 is 11.6 Å². The van der Waals surface area contributed by atoms with Gasteiger partial charge in [-0.15, -0.1) is 0 Å². The lowest BCUT2D eigenvalue weighted by Crippen LogP contribution is -2.32. The molecule has 0 aliphatic rings. The lowest BCUT2D eigenvalue weighted by atomic mass is 10.2. The molecule has 0 bridgehead atoms. The lowest BCUT2D eigenvalue weighted by Gasteiger charge is -2.05. The topological polar surface area (TPSA) is 106 Å². The maximum absolute atomic E-state index is 11.8. The first-order chi connectivity index (χ1) is 13.0. The van der Waals surface area contributed by atoms with Gasteiger partial charge in [0.1, 0.15) is 5.75 Å². The Hall–Kier alpha value is -3.39. The summed E-state index contributed by atoms with van der Waals surface area (Å²) in [4.78, 5) is 34.5. The van der Waals surface area contributed by atoms with Crippen molar-refractivity contribution < 1.29 is 23.9 Å². The van der Waals surface area contributed by atoms with E-state index < -0.39 is 17.8 Å². The highest BCUT2D eigenvalue weighted by atomic mass is 35.5. The number of esters is 1. The van der Waals surface area contributed by atoms with Crippen LogP contribution in [-0.2, 0) is 19.1 Å². The number of nitrogens with zero attached hydrogens (tertiary/aromatic N) is 1. The molecular weight excluding hydrogens is 374 g/mol. The second kappa shape index (κ2) is 9.93. The van der Waals surface area contributed by atoms with E-state index >= 15 is 0 Å². The lowest BCUT2D eigenvalue weighted by molar-refractivity contribution is -0.142. The van der Waals surface area contributed by atoms with Crippen molar-refractivity contribution in [1.82, 2.24) is 5.43 Å². The molecule has 2 aromatic rings. The number of hydrazone groups is 1. The Bertz CT molecular complexity index is 852. The van der Waals surface area contributed by atoms with Gasteiger partial charge in [0.15, 0.2) is 6.61 Å². The van der Waals surface area contributed by atoms with Crippen molar-refractivity contribution in [3.8, 4) is 5.75 Å². The number of carbonyl (C=O) groups is 3. The van der Waals surface area contributed by atoms with Crippen molar-refractivity contribution in [3.05, 3.63) is 59.1 Å². The molecule has 2 N–H and O–H groups in total. The zero-order valence-electron chi connectivity index (χ0n) is 14.3. The summed E-state index contributed by atoms with van der Waals surface area (Å²) >= 11 is 5.81. The average molecular weight is 390 g/mol. The average Bonchev–Trinajstić information content (AvgIpc) is 2.67. The predicted molar refractivity (Wildman–Crippen MR) is 99.8 cm³/mol. The summed E-state index contributed by atoms with van der Waals surface area (Å²) in [5.74, 6) is -1.81.